The Balaban J connectivity index is 2.15. The van der Waals surface area contributed by atoms with Crippen molar-refractivity contribution in [3.05, 3.63) is 29.8 Å². The van der Waals surface area contributed by atoms with Crippen molar-refractivity contribution < 1.29 is 9.90 Å². The zero-order chi connectivity index (χ0) is 12.3. The maximum Gasteiger partial charge on any atom is 0.405 e. The molecule has 2 aromatic rings. The average Bonchev–Trinajstić information content (AvgIpc) is 2.82. The van der Waals surface area contributed by atoms with E-state index in [-0.39, 0.29) is 6.04 Å². The molecule has 0 spiro atoms. The third kappa shape index (κ3) is 2.57. The molecule has 3 N–H and O–H groups in total. The van der Waals surface area contributed by atoms with E-state index in [4.69, 9.17) is 5.11 Å². The van der Waals surface area contributed by atoms with Gasteiger partial charge in [0.15, 0.2) is 0 Å². The highest BCUT2D eigenvalue weighted by Gasteiger charge is 2.09. The van der Waals surface area contributed by atoms with Crippen LogP contribution in [0.15, 0.2) is 24.3 Å². The quantitative estimate of drug-likeness (QED) is 0.738. The number of rotatable bonds is 3. The second kappa shape index (κ2) is 4.60. The van der Waals surface area contributed by atoms with Crippen LogP contribution in [0.25, 0.3) is 11.4 Å². The third-order valence-corrected chi connectivity index (χ3v) is 2.35. The van der Waals surface area contributed by atoms with Gasteiger partial charge in [-0.2, -0.15) is 5.21 Å². The summed E-state index contributed by atoms with van der Waals surface area (Å²) in [6.45, 7) is 1.78. The fourth-order valence-electron chi connectivity index (χ4n) is 1.47. The van der Waals surface area contributed by atoms with E-state index in [2.05, 4.69) is 25.9 Å². The summed E-state index contributed by atoms with van der Waals surface area (Å²) in [4.78, 5) is 10.5. The summed E-state index contributed by atoms with van der Waals surface area (Å²) >= 11 is 0. The number of H-pyrrole nitrogens is 1. The van der Waals surface area contributed by atoms with Gasteiger partial charge >= 0.3 is 6.09 Å². The number of hydrogen-bond acceptors (Lipinski definition) is 4. The fraction of sp³-hybridized carbons (Fsp3) is 0.200. The Morgan fingerprint density at radius 2 is 2.12 bits per heavy atom. The average molecular weight is 233 g/mol. The molecular weight excluding hydrogens is 222 g/mol. The molecule has 1 aromatic carbocycles. The van der Waals surface area contributed by atoms with E-state index in [1.165, 1.54) is 0 Å². The predicted molar refractivity (Wildman–Crippen MR) is 59.2 cm³/mol. The minimum Gasteiger partial charge on any atom is -0.465 e. The molecule has 0 aliphatic carbocycles. The summed E-state index contributed by atoms with van der Waals surface area (Å²) in [5, 5.41) is 24.5. The van der Waals surface area contributed by atoms with Crippen molar-refractivity contribution in [2.24, 2.45) is 0 Å². The summed E-state index contributed by atoms with van der Waals surface area (Å²) in [5.41, 5.74) is 1.70. The van der Waals surface area contributed by atoms with Crippen LogP contribution in [0.3, 0.4) is 0 Å². The largest absolute Gasteiger partial charge is 0.465 e. The normalized spacial score (nSPS) is 12.1. The van der Waals surface area contributed by atoms with Crippen LogP contribution in [0.5, 0.6) is 0 Å². The van der Waals surface area contributed by atoms with Crippen LogP contribution in [0.4, 0.5) is 4.79 Å². The monoisotopic (exact) mass is 233 g/mol. The molecule has 7 heteroatoms. The number of carbonyl (C=O) groups is 1. The number of aromatic nitrogens is 4. The Bertz CT molecular complexity index is 494. The molecule has 88 valence electrons. The minimum absolute atomic E-state index is 0.258. The van der Waals surface area contributed by atoms with Gasteiger partial charge < -0.3 is 10.4 Å². The van der Waals surface area contributed by atoms with Crippen molar-refractivity contribution >= 4 is 6.09 Å². The number of aromatic amines is 1. The Kier molecular flexibility index (Phi) is 2.99. The van der Waals surface area contributed by atoms with Gasteiger partial charge in [0.1, 0.15) is 0 Å². The zero-order valence-corrected chi connectivity index (χ0v) is 9.08. The molecule has 1 amide bonds. The highest BCUT2D eigenvalue weighted by Crippen LogP contribution is 2.18. The zero-order valence-electron chi connectivity index (χ0n) is 9.08. The van der Waals surface area contributed by atoms with Gasteiger partial charge in [-0.25, -0.2) is 4.79 Å². The van der Waals surface area contributed by atoms with Crippen molar-refractivity contribution in [1.29, 1.82) is 0 Å². The van der Waals surface area contributed by atoms with Gasteiger partial charge in [0, 0.05) is 5.56 Å². The highest BCUT2D eigenvalue weighted by molar-refractivity contribution is 5.65. The molecule has 0 aliphatic rings. The van der Waals surface area contributed by atoms with Crippen molar-refractivity contribution in [2.75, 3.05) is 0 Å². The van der Waals surface area contributed by atoms with E-state index in [0.717, 1.165) is 11.1 Å². The van der Waals surface area contributed by atoms with Crippen LogP contribution in [0, 0.1) is 0 Å². The molecule has 7 nitrogen and oxygen atoms in total. The lowest BCUT2D eigenvalue weighted by Gasteiger charge is -2.11. The van der Waals surface area contributed by atoms with Gasteiger partial charge in [0.2, 0.25) is 5.82 Å². The summed E-state index contributed by atoms with van der Waals surface area (Å²) < 4.78 is 0. The summed E-state index contributed by atoms with van der Waals surface area (Å²) in [7, 11) is 0. The number of nitrogens with zero attached hydrogens (tertiary/aromatic N) is 3. The Labute approximate surface area is 96.9 Å². The molecule has 0 bridgehead atoms. The molecule has 1 aromatic heterocycles. The van der Waals surface area contributed by atoms with Crippen LogP contribution in [-0.4, -0.2) is 31.8 Å². The van der Waals surface area contributed by atoms with Crippen LogP contribution in [-0.2, 0) is 0 Å². The number of amides is 1. The van der Waals surface area contributed by atoms with Crippen LogP contribution in [0.2, 0.25) is 0 Å². The van der Waals surface area contributed by atoms with Gasteiger partial charge in [0.25, 0.3) is 0 Å². The molecule has 0 aliphatic heterocycles. The standard InChI is InChI=1S/C10H11N5O2/c1-6(11-10(16)17)7-2-4-8(5-3-7)9-12-14-15-13-9/h2-6,11H,1H3,(H,16,17)(H,12,13,14,15)/t6-/m0/s1. The van der Waals surface area contributed by atoms with E-state index in [1.54, 1.807) is 6.92 Å². The molecule has 0 unspecified atom stereocenters. The van der Waals surface area contributed by atoms with Gasteiger partial charge in [-0.1, -0.05) is 24.3 Å². The lowest BCUT2D eigenvalue weighted by Crippen LogP contribution is -2.24. The molecule has 17 heavy (non-hydrogen) atoms. The third-order valence-electron chi connectivity index (χ3n) is 2.35. The number of carboxylic acid groups (broad SMARTS) is 1. The molecule has 0 saturated carbocycles. The van der Waals surface area contributed by atoms with Gasteiger partial charge in [0.05, 0.1) is 6.04 Å². The number of nitrogens with one attached hydrogen (secondary N) is 2. The first-order valence-corrected chi connectivity index (χ1v) is 5.00. The molecule has 0 saturated heterocycles. The SMILES string of the molecule is C[C@H](NC(=O)O)c1ccc(-c2nn[nH]n2)cc1. The lowest BCUT2D eigenvalue weighted by atomic mass is 10.1. The van der Waals surface area contributed by atoms with E-state index in [9.17, 15) is 4.79 Å². The minimum atomic E-state index is -1.04. The number of benzene rings is 1. The van der Waals surface area contributed by atoms with Gasteiger partial charge in [-0.3, -0.25) is 0 Å². The summed E-state index contributed by atoms with van der Waals surface area (Å²) in [6, 6.07) is 7.03. The van der Waals surface area contributed by atoms with Crippen molar-refractivity contribution in [2.45, 2.75) is 13.0 Å². The smallest absolute Gasteiger partial charge is 0.405 e. The van der Waals surface area contributed by atoms with E-state index >= 15 is 0 Å². The predicted octanol–water partition coefficient (Wildman–Crippen LogP) is 1.20. The topological polar surface area (TPSA) is 104 Å². The first-order valence-electron chi connectivity index (χ1n) is 5.00. The Hall–Kier alpha value is -2.44. The maximum absolute atomic E-state index is 10.5. The Morgan fingerprint density at radius 3 is 2.65 bits per heavy atom. The molecule has 0 radical (unpaired) electrons. The molecule has 0 fully saturated rings. The van der Waals surface area contributed by atoms with Crippen LogP contribution in [0.1, 0.15) is 18.5 Å². The van der Waals surface area contributed by atoms with Gasteiger partial charge in [-0.15, -0.1) is 10.2 Å². The van der Waals surface area contributed by atoms with E-state index in [0.29, 0.717) is 5.82 Å². The first-order chi connectivity index (χ1) is 8.16. The van der Waals surface area contributed by atoms with Crippen LogP contribution >= 0.6 is 0 Å². The van der Waals surface area contributed by atoms with E-state index < -0.39 is 6.09 Å². The fourth-order valence-corrected chi connectivity index (χ4v) is 1.47. The highest BCUT2D eigenvalue weighted by atomic mass is 16.4. The van der Waals surface area contributed by atoms with E-state index in [1.807, 2.05) is 24.3 Å². The Morgan fingerprint density at radius 1 is 1.41 bits per heavy atom. The lowest BCUT2D eigenvalue weighted by molar-refractivity contribution is 0.191. The molecule has 2 rings (SSSR count). The number of hydrogen-bond donors (Lipinski definition) is 3. The molecule has 1 heterocycles. The first kappa shape index (κ1) is 11.1. The second-order valence-electron chi connectivity index (χ2n) is 3.53. The summed E-state index contributed by atoms with van der Waals surface area (Å²) in [5.74, 6) is 0.510. The molecular formula is C10H11N5O2. The van der Waals surface area contributed by atoms with Crippen molar-refractivity contribution in [3.8, 4) is 11.4 Å². The second-order valence-corrected chi connectivity index (χ2v) is 3.53. The van der Waals surface area contributed by atoms with Gasteiger partial charge in [-0.05, 0) is 17.7 Å². The molecule has 1 atom stereocenters. The van der Waals surface area contributed by atoms with Crippen molar-refractivity contribution in [1.82, 2.24) is 25.9 Å². The maximum atomic E-state index is 10.5. The number of tetrazole rings is 1. The summed E-state index contributed by atoms with van der Waals surface area (Å²) in [6.07, 6.45) is -1.04. The van der Waals surface area contributed by atoms with Crippen molar-refractivity contribution in [3.63, 3.8) is 0 Å². The van der Waals surface area contributed by atoms with Crippen LogP contribution < -0.4 is 5.32 Å².